The number of nitrogens with zero attached hydrogens (tertiary/aromatic N) is 3. The first-order valence-corrected chi connectivity index (χ1v) is 7.91. The number of carboxylic acids is 1. The maximum Gasteiger partial charge on any atom is 0.356 e. The van der Waals surface area contributed by atoms with Gasteiger partial charge in [0.05, 0.1) is 10.7 Å². The fourth-order valence-corrected chi connectivity index (χ4v) is 2.87. The average Bonchev–Trinajstić information content (AvgIpc) is 3.12. The molecule has 6 nitrogen and oxygen atoms in total. The number of hydrogen-bond acceptors (Lipinski definition) is 4. The van der Waals surface area contributed by atoms with Crippen LogP contribution in [0.15, 0.2) is 49.1 Å². The Labute approximate surface area is 152 Å². The van der Waals surface area contributed by atoms with Crippen molar-refractivity contribution in [3.05, 3.63) is 76.0 Å². The second kappa shape index (κ2) is 7.04. The molecule has 8 heteroatoms. The average molecular weight is 376 g/mol. The topological polar surface area (TPSA) is 85.1 Å². The zero-order chi connectivity index (χ0) is 18.0. The molecule has 0 aliphatic rings. The van der Waals surface area contributed by atoms with Crippen LogP contribution in [0, 0.1) is 0 Å². The number of ketones is 1. The summed E-state index contributed by atoms with van der Waals surface area (Å²) >= 11 is 12.6. The van der Waals surface area contributed by atoms with Gasteiger partial charge in [-0.05, 0) is 29.8 Å². The van der Waals surface area contributed by atoms with Crippen molar-refractivity contribution in [2.75, 3.05) is 0 Å². The molecule has 1 N–H and O–H groups in total. The number of carbonyl (C=O) groups excluding carboxylic acids is 1. The van der Waals surface area contributed by atoms with Gasteiger partial charge in [0.2, 0.25) is 0 Å². The number of rotatable bonds is 5. The molecule has 0 radical (unpaired) electrons. The summed E-state index contributed by atoms with van der Waals surface area (Å²) in [6.07, 6.45) is 5.99. The van der Waals surface area contributed by atoms with Crippen LogP contribution in [0.2, 0.25) is 10.0 Å². The van der Waals surface area contributed by atoms with Crippen LogP contribution in [0.25, 0.3) is 5.69 Å². The summed E-state index contributed by atoms with van der Waals surface area (Å²) in [5.41, 5.74) is 0.559. The number of hydrogen-bond donors (Lipinski definition) is 1. The maximum atomic E-state index is 12.4. The van der Waals surface area contributed by atoms with Crippen molar-refractivity contribution >= 4 is 35.0 Å². The van der Waals surface area contributed by atoms with E-state index in [4.69, 9.17) is 28.3 Å². The summed E-state index contributed by atoms with van der Waals surface area (Å²) in [5, 5.41) is 9.88. The third-order valence-electron chi connectivity index (χ3n) is 3.51. The van der Waals surface area contributed by atoms with Crippen LogP contribution in [-0.4, -0.2) is 31.4 Å². The van der Waals surface area contributed by atoms with Gasteiger partial charge in [0.1, 0.15) is 5.69 Å². The highest BCUT2D eigenvalue weighted by molar-refractivity contribution is 6.35. The van der Waals surface area contributed by atoms with E-state index in [-0.39, 0.29) is 12.1 Å². The Morgan fingerprint density at radius 2 is 1.64 bits per heavy atom. The maximum absolute atomic E-state index is 12.4. The fourth-order valence-electron chi connectivity index (χ4n) is 2.36. The smallest absolute Gasteiger partial charge is 0.356 e. The minimum atomic E-state index is -1.32. The van der Waals surface area contributed by atoms with Crippen molar-refractivity contribution in [1.82, 2.24) is 14.5 Å². The van der Waals surface area contributed by atoms with Gasteiger partial charge in [0.15, 0.2) is 11.5 Å². The summed E-state index contributed by atoms with van der Waals surface area (Å²) in [4.78, 5) is 31.1. The van der Waals surface area contributed by atoms with Crippen LogP contribution in [0.3, 0.4) is 0 Å². The van der Waals surface area contributed by atoms with Crippen LogP contribution in [0.5, 0.6) is 0 Å². The molecule has 0 aliphatic heterocycles. The van der Waals surface area contributed by atoms with Crippen molar-refractivity contribution in [3.8, 4) is 5.69 Å². The molecule has 3 rings (SSSR count). The van der Waals surface area contributed by atoms with Gasteiger partial charge in [-0.15, -0.1) is 0 Å². The van der Waals surface area contributed by atoms with Gasteiger partial charge in [0, 0.05) is 36.2 Å². The summed E-state index contributed by atoms with van der Waals surface area (Å²) < 4.78 is 1.80. The third-order valence-corrected chi connectivity index (χ3v) is 4.17. The van der Waals surface area contributed by atoms with Gasteiger partial charge in [-0.2, -0.15) is 0 Å². The molecule has 0 saturated carbocycles. The van der Waals surface area contributed by atoms with Crippen LogP contribution in [0.1, 0.15) is 26.5 Å². The molecule has 0 unspecified atom stereocenters. The van der Waals surface area contributed by atoms with E-state index >= 15 is 0 Å². The molecule has 0 spiro atoms. The molecule has 0 aliphatic carbocycles. The van der Waals surface area contributed by atoms with Crippen LogP contribution in [-0.2, 0) is 6.42 Å². The number of Topliss-reactive ketones (excluding diaryl/α,β-unsaturated/α-hetero) is 1. The molecule has 0 saturated heterocycles. The summed E-state index contributed by atoms with van der Waals surface area (Å²) in [6, 6.07) is 6.95. The standard InChI is InChI=1S/C17H11Cl2N3O3/c18-11-9-13(22-5-1-2-6-22)12(19)7-10(11)8-14(23)15-16(17(24)25)21-4-3-20-15/h1-7,9H,8H2,(H,24,25). The van der Waals surface area contributed by atoms with Crippen molar-refractivity contribution < 1.29 is 14.7 Å². The Hall–Kier alpha value is -2.70. The molecule has 0 fully saturated rings. The van der Waals surface area contributed by atoms with E-state index in [2.05, 4.69) is 9.97 Å². The van der Waals surface area contributed by atoms with Crippen molar-refractivity contribution in [3.63, 3.8) is 0 Å². The number of aromatic carboxylic acids is 1. The molecule has 2 heterocycles. The normalized spacial score (nSPS) is 10.6. The first kappa shape index (κ1) is 17.1. The van der Waals surface area contributed by atoms with E-state index in [0.29, 0.717) is 21.3 Å². The van der Waals surface area contributed by atoms with Gasteiger partial charge >= 0.3 is 5.97 Å². The summed E-state index contributed by atoms with van der Waals surface area (Å²) in [5.74, 6) is -1.82. The zero-order valence-corrected chi connectivity index (χ0v) is 14.2. The van der Waals surface area contributed by atoms with Crippen LogP contribution in [0.4, 0.5) is 0 Å². The lowest BCUT2D eigenvalue weighted by Crippen LogP contribution is -2.15. The second-order valence-electron chi connectivity index (χ2n) is 5.14. The minimum Gasteiger partial charge on any atom is -0.476 e. The van der Waals surface area contributed by atoms with E-state index in [1.54, 1.807) is 16.7 Å². The van der Waals surface area contributed by atoms with Gasteiger partial charge in [-0.3, -0.25) is 4.79 Å². The van der Waals surface area contributed by atoms with Gasteiger partial charge in [-0.25, -0.2) is 14.8 Å². The number of benzene rings is 1. The molecule has 1 aromatic carbocycles. The Morgan fingerprint density at radius 1 is 1.00 bits per heavy atom. The molecule has 3 aromatic rings. The van der Waals surface area contributed by atoms with Crippen molar-refractivity contribution in [2.45, 2.75) is 6.42 Å². The van der Waals surface area contributed by atoms with Gasteiger partial charge in [-0.1, -0.05) is 23.2 Å². The Bertz CT molecular complexity index is 956. The third kappa shape index (κ3) is 3.55. The van der Waals surface area contributed by atoms with E-state index in [9.17, 15) is 9.59 Å². The Morgan fingerprint density at radius 3 is 2.28 bits per heavy atom. The molecular weight excluding hydrogens is 365 g/mol. The lowest BCUT2D eigenvalue weighted by molar-refractivity contribution is 0.0684. The molecule has 126 valence electrons. The summed E-state index contributed by atoms with van der Waals surface area (Å²) in [7, 11) is 0. The number of halogens is 2. The van der Waals surface area contributed by atoms with E-state index in [0.717, 1.165) is 0 Å². The van der Waals surface area contributed by atoms with E-state index < -0.39 is 17.4 Å². The van der Waals surface area contributed by atoms with Gasteiger partial charge < -0.3 is 9.67 Å². The second-order valence-corrected chi connectivity index (χ2v) is 5.96. The predicted octanol–water partition coefficient (Wildman–Crippen LogP) is 3.70. The monoisotopic (exact) mass is 375 g/mol. The highest BCUT2D eigenvalue weighted by Gasteiger charge is 2.21. The molecule has 0 bridgehead atoms. The highest BCUT2D eigenvalue weighted by atomic mass is 35.5. The lowest BCUT2D eigenvalue weighted by atomic mass is 10.0. The summed E-state index contributed by atoms with van der Waals surface area (Å²) in [6.45, 7) is 0. The fraction of sp³-hybridized carbons (Fsp3) is 0.0588. The highest BCUT2D eigenvalue weighted by Crippen LogP contribution is 2.29. The molecular formula is C17H11Cl2N3O3. The molecule has 0 atom stereocenters. The quantitative estimate of drug-likeness (QED) is 0.687. The minimum absolute atomic E-state index is 0.135. The van der Waals surface area contributed by atoms with Crippen molar-refractivity contribution in [2.24, 2.45) is 0 Å². The molecule has 2 aromatic heterocycles. The lowest BCUT2D eigenvalue weighted by Gasteiger charge is -2.11. The first-order chi connectivity index (χ1) is 12.0. The number of carboxylic acid groups (broad SMARTS) is 1. The van der Waals surface area contributed by atoms with Crippen molar-refractivity contribution in [1.29, 1.82) is 0 Å². The van der Waals surface area contributed by atoms with Gasteiger partial charge in [0.25, 0.3) is 0 Å². The van der Waals surface area contributed by atoms with Crippen LogP contribution >= 0.6 is 23.2 Å². The number of aromatic nitrogens is 3. The largest absolute Gasteiger partial charge is 0.476 e. The molecule has 0 amide bonds. The zero-order valence-electron chi connectivity index (χ0n) is 12.7. The first-order valence-electron chi connectivity index (χ1n) is 7.16. The Kier molecular flexibility index (Phi) is 4.83. The van der Waals surface area contributed by atoms with E-state index in [1.165, 1.54) is 12.4 Å². The molecule has 25 heavy (non-hydrogen) atoms. The number of carbonyl (C=O) groups is 2. The van der Waals surface area contributed by atoms with E-state index in [1.807, 2.05) is 24.5 Å². The predicted molar refractivity (Wildman–Crippen MR) is 92.8 cm³/mol. The SMILES string of the molecule is O=C(O)c1nccnc1C(=O)Cc1cc(Cl)c(-n2cccc2)cc1Cl. The van der Waals surface area contributed by atoms with Crippen LogP contribution < -0.4 is 0 Å². The Balaban J connectivity index is 1.93.